The molecule has 1 nitrogen and oxygen atoms in total. The zero-order valence-corrected chi connectivity index (χ0v) is 9.96. The molecule has 96 valence electrons. The number of alkyl halides is 3. The van der Waals surface area contributed by atoms with E-state index in [4.69, 9.17) is 0 Å². The lowest BCUT2D eigenvalue weighted by molar-refractivity contribution is -0.0224. The number of hydrogen-bond acceptors (Lipinski definition) is 1. The van der Waals surface area contributed by atoms with Crippen LogP contribution in [0.4, 0.5) is 13.2 Å². The molecule has 2 unspecified atom stereocenters. The molecule has 0 aliphatic rings. The molecular weight excluding hydrogens is 229 g/mol. The van der Waals surface area contributed by atoms with Crippen LogP contribution in [0.2, 0.25) is 0 Å². The third kappa shape index (κ3) is 3.46. The molecule has 0 heterocycles. The molecule has 0 bridgehead atoms. The molecule has 0 aromatic heterocycles. The molecule has 1 aromatic rings. The fourth-order valence-electron chi connectivity index (χ4n) is 1.82. The van der Waals surface area contributed by atoms with Crippen molar-refractivity contribution in [3.05, 3.63) is 35.4 Å². The summed E-state index contributed by atoms with van der Waals surface area (Å²) in [6.07, 6.45) is -4.92. The second kappa shape index (κ2) is 5.54. The third-order valence-corrected chi connectivity index (χ3v) is 2.96. The Morgan fingerprint density at radius 2 is 2.00 bits per heavy atom. The van der Waals surface area contributed by atoms with Crippen molar-refractivity contribution in [1.29, 1.82) is 0 Å². The average molecular weight is 246 g/mol. The zero-order chi connectivity index (χ0) is 13.1. The second-order valence-corrected chi connectivity index (χ2v) is 4.67. The van der Waals surface area contributed by atoms with Gasteiger partial charge in [0, 0.05) is 5.41 Å². The van der Waals surface area contributed by atoms with Gasteiger partial charge in [-0.2, -0.15) is 0 Å². The van der Waals surface area contributed by atoms with E-state index in [0.29, 0.717) is 5.56 Å². The Morgan fingerprint density at radius 1 is 1.35 bits per heavy atom. The highest BCUT2D eigenvalue weighted by molar-refractivity contribution is 5.29. The maximum absolute atomic E-state index is 13.1. The number of halogens is 3. The maximum Gasteiger partial charge on any atom is 0.264 e. The van der Waals surface area contributed by atoms with Crippen LogP contribution in [0.3, 0.4) is 0 Å². The molecule has 17 heavy (non-hydrogen) atoms. The first-order chi connectivity index (χ1) is 7.89. The van der Waals surface area contributed by atoms with Gasteiger partial charge in [0.1, 0.15) is 6.10 Å². The third-order valence-electron chi connectivity index (χ3n) is 2.96. The van der Waals surface area contributed by atoms with Crippen LogP contribution in [-0.2, 0) is 5.41 Å². The number of rotatable bonds is 5. The topological polar surface area (TPSA) is 20.2 Å². The van der Waals surface area contributed by atoms with Gasteiger partial charge >= 0.3 is 0 Å². The summed E-state index contributed by atoms with van der Waals surface area (Å²) < 4.78 is 37.8. The van der Waals surface area contributed by atoms with Crippen LogP contribution in [0, 0.1) is 6.92 Å². The quantitative estimate of drug-likeness (QED) is 0.845. The van der Waals surface area contributed by atoms with E-state index >= 15 is 0 Å². The molecule has 0 aliphatic heterocycles. The van der Waals surface area contributed by atoms with Crippen molar-refractivity contribution in [2.75, 3.05) is 6.67 Å². The molecule has 0 saturated heterocycles. The Bertz CT molecular complexity index is 367. The monoisotopic (exact) mass is 246 g/mol. The van der Waals surface area contributed by atoms with Crippen molar-refractivity contribution in [2.24, 2.45) is 0 Å². The van der Waals surface area contributed by atoms with E-state index in [1.54, 1.807) is 25.1 Å². The standard InChI is InChI=1S/C13H17F3O/c1-9-4-3-5-10(6-9)13(2,8-14)7-11(17)12(15)16/h3-6,11-12,17H,7-8H2,1-2H3. The Balaban J connectivity index is 2.95. The van der Waals surface area contributed by atoms with E-state index in [9.17, 15) is 18.3 Å². The smallest absolute Gasteiger partial charge is 0.264 e. The van der Waals surface area contributed by atoms with Gasteiger partial charge in [0.15, 0.2) is 0 Å². The van der Waals surface area contributed by atoms with E-state index in [1.807, 2.05) is 13.0 Å². The number of aryl methyl sites for hydroxylation is 1. The summed E-state index contributed by atoms with van der Waals surface area (Å²) >= 11 is 0. The highest BCUT2D eigenvalue weighted by Crippen LogP contribution is 2.31. The summed E-state index contributed by atoms with van der Waals surface area (Å²) in [6.45, 7) is 2.62. The molecular formula is C13H17F3O. The lowest BCUT2D eigenvalue weighted by Gasteiger charge is -2.29. The van der Waals surface area contributed by atoms with Crippen molar-refractivity contribution < 1.29 is 18.3 Å². The minimum Gasteiger partial charge on any atom is -0.387 e. The number of aliphatic hydroxyl groups excluding tert-OH is 1. The van der Waals surface area contributed by atoms with Crippen molar-refractivity contribution in [2.45, 2.75) is 38.2 Å². The molecule has 0 aliphatic carbocycles. The van der Waals surface area contributed by atoms with Gasteiger partial charge in [-0.05, 0) is 18.9 Å². The molecule has 0 radical (unpaired) electrons. The normalized spacial score (nSPS) is 16.9. The first-order valence-electron chi connectivity index (χ1n) is 5.48. The van der Waals surface area contributed by atoms with Crippen LogP contribution in [0.1, 0.15) is 24.5 Å². The van der Waals surface area contributed by atoms with Crippen LogP contribution in [0.15, 0.2) is 24.3 Å². The fraction of sp³-hybridized carbons (Fsp3) is 0.538. The van der Waals surface area contributed by atoms with Crippen LogP contribution in [0.5, 0.6) is 0 Å². The Kier molecular flexibility index (Phi) is 4.57. The fourth-order valence-corrected chi connectivity index (χ4v) is 1.82. The molecule has 1 aromatic carbocycles. The van der Waals surface area contributed by atoms with Crippen molar-refractivity contribution in [3.63, 3.8) is 0 Å². The van der Waals surface area contributed by atoms with E-state index in [0.717, 1.165) is 5.56 Å². The van der Waals surface area contributed by atoms with Gasteiger partial charge in [0.2, 0.25) is 0 Å². The molecule has 1 N–H and O–H groups in total. The summed E-state index contributed by atoms with van der Waals surface area (Å²) in [5.74, 6) is 0. The van der Waals surface area contributed by atoms with Gasteiger partial charge in [-0.15, -0.1) is 0 Å². The Morgan fingerprint density at radius 3 is 2.47 bits per heavy atom. The van der Waals surface area contributed by atoms with Crippen molar-refractivity contribution >= 4 is 0 Å². The molecule has 4 heteroatoms. The lowest BCUT2D eigenvalue weighted by Crippen LogP contribution is -2.33. The molecule has 0 saturated carbocycles. The van der Waals surface area contributed by atoms with Crippen LogP contribution in [0.25, 0.3) is 0 Å². The van der Waals surface area contributed by atoms with Gasteiger partial charge in [-0.25, -0.2) is 8.78 Å². The SMILES string of the molecule is Cc1cccc(C(C)(CF)CC(O)C(F)F)c1. The molecule has 0 spiro atoms. The number of benzene rings is 1. The van der Waals surface area contributed by atoms with Crippen LogP contribution in [-0.4, -0.2) is 24.3 Å². The van der Waals surface area contributed by atoms with Crippen molar-refractivity contribution in [1.82, 2.24) is 0 Å². The van der Waals surface area contributed by atoms with Gasteiger partial charge in [-0.1, -0.05) is 36.8 Å². The van der Waals surface area contributed by atoms with Crippen LogP contribution >= 0.6 is 0 Å². The number of hydrogen-bond donors (Lipinski definition) is 1. The summed E-state index contributed by atoms with van der Waals surface area (Å²) in [5.41, 5.74) is 0.510. The highest BCUT2D eigenvalue weighted by Gasteiger charge is 2.33. The molecule has 0 fully saturated rings. The minimum absolute atomic E-state index is 0.287. The van der Waals surface area contributed by atoms with E-state index in [1.165, 1.54) is 0 Å². The lowest BCUT2D eigenvalue weighted by atomic mass is 9.78. The highest BCUT2D eigenvalue weighted by atomic mass is 19.3. The van der Waals surface area contributed by atoms with E-state index < -0.39 is 24.6 Å². The van der Waals surface area contributed by atoms with Crippen molar-refractivity contribution in [3.8, 4) is 0 Å². The van der Waals surface area contributed by atoms with Gasteiger partial charge < -0.3 is 5.11 Å². The van der Waals surface area contributed by atoms with E-state index in [2.05, 4.69) is 0 Å². The summed E-state index contributed by atoms with van der Waals surface area (Å²) in [4.78, 5) is 0. The predicted molar refractivity (Wildman–Crippen MR) is 61.1 cm³/mol. The summed E-state index contributed by atoms with van der Waals surface area (Å²) in [6, 6.07) is 7.07. The Labute approximate surface area is 99.3 Å². The second-order valence-electron chi connectivity index (χ2n) is 4.67. The van der Waals surface area contributed by atoms with Crippen LogP contribution < -0.4 is 0 Å². The summed E-state index contributed by atoms with van der Waals surface area (Å²) in [7, 11) is 0. The molecule has 1 rings (SSSR count). The first-order valence-corrected chi connectivity index (χ1v) is 5.48. The average Bonchev–Trinajstić information content (AvgIpc) is 2.28. The Hall–Kier alpha value is -1.03. The largest absolute Gasteiger partial charge is 0.387 e. The van der Waals surface area contributed by atoms with Gasteiger partial charge in [-0.3, -0.25) is 4.39 Å². The predicted octanol–water partition coefficient (Wildman–Crippen LogP) is 3.24. The molecule has 2 atom stereocenters. The van der Waals surface area contributed by atoms with Gasteiger partial charge in [0.25, 0.3) is 6.43 Å². The number of aliphatic hydroxyl groups is 1. The maximum atomic E-state index is 13.1. The van der Waals surface area contributed by atoms with E-state index in [-0.39, 0.29) is 6.42 Å². The zero-order valence-electron chi connectivity index (χ0n) is 9.96. The minimum atomic E-state index is -2.84. The first kappa shape index (κ1) is 14.0. The molecule has 0 amide bonds. The van der Waals surface area contributed by atoms with Gasteiger partial charge in [0.05, 0.1) is 6.67 Å². The summed E-state index contributed by atoms with van der Waals surface area (Å²) in [5, 5.41) is 9.21.